The van der Waals surface area contributed by atoms with Crippen LogP contribution in [0.15, 0.2) is 36.4 Å². The molecular weight excluding hydrogens is 324 g/mol. The highest BCUT2D eigenvalue weighted by molar-refractivity contribution is 6.33. The van der Waals surface area contributed by atoms with Crippen molar-refractivity contribution in [3.05, 3.63) is 58.1 Å². The quantitative estimate of drug-likeness (QED) is 0.913. The number of halogens is 1. The van der Waals surface area contributed by atoms with Crippen molar-refractivity contribution in [1.29, 1.82) is 0 Å². The number of amides is 1. The molecule has 1 heterocycles. The first-order valence-electron chi connectivity index (χ1n) is 8.05. The van der Waals surface area contributed by atoms with Crippen LogP contribution in [0, 0.1) is 13.8 Å². The predicted molar refractivity (Wildman–Crippen MR) is 98.4 cm³/mol. The van der Waals surface area contributed by atoms with Gasteiger partial charge >= 0.3 is 0 Å². The van der Waals surface area contributed by atoms with Crippen LogP contribution >= 0.6 is 11.6 Å². The number of hydrogen-bond donors (Lipinski definition) is 1. The van der Waals surface area contributed by atoms with E-state index in [1.165, 1.54) is 5.56 Å². The predicted octanol–water partition coefficient (Wildman–Crippen LogP) is 4.05. The van der Waals surface area contributed by atoms with Crippen molar-refractivity contribution in [1.82, 2.24) is 0 Å². The van der Waals surface area contributed by atoms with Gasteiger partial charge in [0.15, 0.2) is 0 Å². The molecule has 2 aromatic rings. The Kier molecular flexibility index (Phi) is 5.07. The van der Waals surface area contributed by atoms with E-state index in [9.17, 15) is 4.79 Å². The minimum atomic E-state index is -0.131. The van der Waals surface area contributed by atoms with Crippen LogP contribution in [-0.4, -0.2) is 32.2 Å². The molecule has 1 aliphatic heterocycles. The molecule has 0 aliphatic carbocycles. The van der Waals surface area contributed by atoms with Gasteiger partial charge in [0, 0.05) is 24.3 Å². The molecule has 126 valence electrons. The van der Waals surface area contributed by atoms with Gasteiger partial charge in [-0.05, 0) is 55.3 Å². The van der Waals surface area contributed by atoms with E-state index in [0.29, 0.717) is 29.5 Å². The number of benzene rings is 2. The van der Waals surface area contributed by atoms with Crippen molar-refractivity contribution in [2.45, 2.75) is 13.8 Å². The standard InChI is InChI=1S/C19H21ClN2O2/c1-13-3-4-15(11-14(13)2)19(23)21-16-5-6-18(17(20)12-16)22-7-9-24-10-8-22/h3-6,11-12H,7-10H2,1-2H3,(H,21,23). The first-order valence-corrected chi connectivity index (χ1v) is 8.43. The Morgan fingerprint density at radius 1 is 1.08 bits per heavy atom. The zero-order valence-corrected chi connectivity index (χ0v) is 14.7. The van der Waals surface area contributed by atoms with Gasteiger partial charge in [-0.2, -0.15) is 0 Å². The summed E-state index contributed by atoms with van der Waals surface area (Å²) in [4.78, 5) is 14.6. The fourth-order valence-electron chi connectivity index (χ4n) is 2.73. The third-order valence-corrected chi connectivity index (χ3v) is 4.63. The SMILES string of the molecule is Cc1ccc(C(=O)Nc2ccc(N3CCOCC3)c(Cl)c2)cc1C. The van der Waals surface area contributed by atoms with Crippen molar-refractivity contribution >= 4 is 28.9 Å². The normalized spacial score (nSPS) is 14.5. The van der Waals surface area contributed by atoms with Gasteiger partial charge in [-0.25, -0.2) is 0 Å². The summed E-state index contributed by atoms with van der Waals surface area (Å²) in [6, 6.07) is 11.3. The smallest absolute Gasteiger partial charge is 0.255 e. The summed E-state index contributed by atoms with van der Waals surface area (Å²) in [5, 5.41) is 3.54. The van der Waals surface area contributed by atoms with Crippen LogP contribution in [0.2, 0.25) is 5.02 Å². The highest BCUT2D eigenvalue weighted by Gasteiger charge is 2.15. The van der Waals surface area contributed by atoms with Crippen molar-refractivity contribution in [2.75, 3.05) is 36.5 Å². The van der Waals surface area contributed by atoms with Gasteiger partial charge in [0.05, 0.1) is 23.9 Å². The molecule has 3 rings (SSSR count). The molecule has 1 amide bonds. The van der Waals surface area contributed by atoms with E-state index in [2.05, 4.69) is 10.2 Å². The van der Waals surface area contributed by atoms with E-state index in [4.69, 9.17) is 16.3 Å². The van der Waals surface area contributed by atoms with Crippen LogP contribution in [-0.2, 0) is 4.74 Å². The van der Waals surface area contributed by atoms with Crippen LogP contribution in [0.5, 0.6) is 0 Å². The Labute approximate surface area is 147 Å². The zero-order valence-electron chi connectivity index (χ0n) is 13.9. The number of anilines is 2. The summed E-state index contributed by atoms with van der Waals surface area (Å²) in [5.74, 6) is -0.131. The molecule has 0 atom stereocenters. The summed E-state index contributed by atoms with van der Waals surface area (Å²) in [7, 11) is 0. The van der Waals surface area contributed by atoms with E-state index in [-0.39, 0.29) is 5.91 Å². The van der Waals surface area contributed by atoms with Gasteiger partial charge in [0.2, 0.25) is 0 Å². The van der Waals surface area contributed by atoms with Crippen molar-refractivity contribution in [3.8, 4) is 0 Å². The highest BCUT2D eigenvalue weighted by Crippen LogP contribution is 2.29. The van der Waals surface area contributed by atoms with E-state index in [1.807, 2.05) is 44.2 Å². The number of nitrogens with one attached hydrogen (secondary N) is 1. The molecule has 24 heavy (non-hydrogen) atoms. The summed E-state index contributed by atoms with van der Waals surface area (Å²) in [6.45, 7) is 7.10. The van der Waals surface area contributed by atoms with Crippen LogP contribution in [0.1, 0.15) is 21.5 Å². The lowest BCUT2D eigenvalue weighted by Gasteiger charge is -2.29. The third-order valence-electron chi connectivity index (χ3n) is 4.33. The maximum Gasteiger partial charge on any atom is 0.255 e. The lowest BCUT2D eigenvalue weighted by molar-refractivity contribution is 0.102. The number of nitrogens with zero attached hydrogens (tertiary/aromatic N) is 1. The second kappa shape index (κ2) is 7.24. The fourth-order valence-corrected chi connectivity index (χ4v) is 3.03. The second-order valence-corrected chi connectivity index (χ2v) is 6.43. The number of aryl methyl sites for hydroxylation is 2. The first kappa shape index (κ1) is 16.8. The maximum atomic E-state index is 12.4. The molecule has 0 saturated carbocycles. The lowest BCUT2D eigenvalue weighted by Crippen LogP contribution is -2.36. The molecule has 4 nitrogen and oxygen atoms in total. The number of morpholine rings is 1. The Morgan fingerprint density at radius 3 is 2.50 bits per heavy atom. The number of hydrogen-bond acceptors (Lipinski definition) is 3. The number of carbonyl (C=O) groups is 1. The molecule has 5 heteroatoms. The van der Waals surface area contributed by atoms with Gasteiger partial charge in [0.25, 0.3) is 5.91 Å². The molecule has 0 aromatic heterocycles. The monoisotopic (exact) mass is 344 g/mol. The number of ether oxygens (including phenoxy) is 1. The van der Waals surface area contributed by atoms with Gasteiger partial charge in [0.1, 0.15) is 0 Å². The Balaban J connectivity index is 1.74. The molecule has 2 aromatic carbocycles. The number of rotatable bonds is 3. The molecule has 1 N–H and O–H groups in total. The molecule has 0 spiro atoms. The van der Waals surface area contributed by atoms with Crippen LogP contribution in [0.25, 0.3) is 0 Å². The summed E-state index contributed by atoms with van der Waals surface area (Å²) < 4.78 is 5.36. The average molecular weight is 345 g/mol. The van der Waals surface area contributed by atoms with Crippen LogP contribution < -0.4 is 10.2 Å². The maximum absolute atomic E-state index is 12.4. The van der Waals surface area contributed by atoms with Gasteiger partial charge < -0.3 is 15.0 Å². The molecule has 0 unspecified atom stereocenters. The molecule has 0 bridgehead atoms. The third kappa shape index (κ3) is 3.71. The Bertz CT molecular complexity index is 755. The average Bonchev–Trinajstić information content (AvgIpc) is 2.58. The summed E-state index contributed by atoms with van der Waals surface area (Å²) in [5.41, 5.74) is 4.59. The van der Waals surface area contributed by atoms with Gasteiger partial charge in [-0.3, -0.25) is 4.79 Å². The fraction of sp³-hybridized carbons (Fsp3) is 0.316. The van der Waals surface area contributed by atoms with Gasteiger partial charge in [-0.15, -0.1) is 0 Å². The Morgan fingerprint density at radius 2 is 1.83 bits per heavy atom. The van der Waals surface area contributed by atoms with Gasteiger partial charge in [-0.1, -0.05) is 17.7 Å². The molecule has 1 saturated heterocycles. The minimum absolute atomic E-state index is 0.131. The molecular formula is C19H21ClN2O2. The first-order chi connectivity index (χ1) is 11.5. The van der Waals surface area contributed by atoms with Crippen LogP contribution in [0.3, 0.4) is 0 Å². The molecule has 0 radical (unpaired) electrons. The second-order valence-electron chi connectivity index (χ2n) is 6.02. The van der Waals surface area contributed by atoms with E-state index < -0.39 is 0 Å². The van der Waals surface area contributed by atoms with E-state index >= 15 is 0 Å². The van der Waals surface area contributed by atoms with Crippen molar-refractivity contribution < 1.29 is 9.53 Å². The Hall–Kier alpha value is -2.04. The summed E-state index contributed by atoms with van der Waals surface area (Å²) >= 11 is 6.40. The van der Waals surface area contributed by atoms with E-state index in [1.54, 1.807) is 6.07 Å². The molecule has 1 fully saturated rings. The van der Waals surface area contributed by atoms with Crippen molar-refractivity contribution in [2.24, 2.45) is 0 Å². The largest absolute Gasteiger partial charge is 0.378 e. The highest BCUT2D eigenvalue weighted by atomic mass is 35.5. The molecule has 1 aliphatic rings. The lowest BCUT2D eigenvalue weighted by atomic mass is 10.1. The summed E-state index contributed by atoms with van der Waals surface area (Å²) in [6.07, 6.45) is 0. The van der Waals surface area contributed by atoms with Crippen LogP contribution in [0.4, 0.5) is 11.4 Å². The topological polar surface area (TPSA) is 41.6 Å². The van der Waals surface area contributed by atoms with E-state index in [0.717, 1.165) is 24.3 Å². The van der Waals surface area contributed by atoms with Crippen molar-refractivity contribution in [3.63, 3.8) is 0 Å². The zero-order chi connectivity index (χ0) is 17.1. The number of carbonyl (C=O) groups excluding carboxylic acids is 1. The minimum Gasteiger partial charge on any atom is -0.378 e.